The van der Waals surface area contributed by atoms with Crippen molar-refractivity contribution < 1.29 is 4.79 Å². The largest absolute Gasteiger partial charge is 0.291 e. The van der Waals surface area contributed by atoms with E-state index < -0.39 is 5.54 Å². The van der Waals surface area contributed by atoms with Crippen molar-refractivity contribution >= 4 is 28.8 Å². The Morgan fingerprint density at radius 2 is 1.77 bits per heavy atom. The van der Waals surface area contributed by atoms with Gasteiger partial charge in [0.2, 0.25) is 0 Å². The third kappa shape index (κ3) is 3.50. The first-order valence-corrected chi connectivity index (χ1v) is 11.1. The molecule has 0 saturated carbocycles. The van der Waals surface area contributed by atoms with Gasteiger partial charge in [-0.05, 0) is 29.5 Å². The van der Waals surface area contributed by atoms with E-state index in [0.29, 0.717) is 19.4 Å². The third-order valence-electron chi connectivity index (χ3n) is 5.74. The number of fused-ring (bicyclic) bond motifs is 1. The number of hydrogen-bond donors (Lipinski definition) is 0. The molecule has 0 radical (unpaired) electrons. The third-order valence-corrected chi connectivity index (χ3v) is 6.61. The molecule has 2 unspecified atom stereocenters. The molecule has 0 aliphatic carbocycles. The van der Waals surface area contributed by atoms with Crippen LogP contribution in [-0.2, 0) is 17.6 Å². The Hall–Kier alpha value is -3.05. The summed E-state index contributed by atoms with van der Waals surface area (Å²) in [5.74, 6) is 0.822. The summed E-state index contributed by atoms with van der Waals surface area (Å²) in [6.07, 6.45) is 1.29. The van der Waals surface area contributed by atoms with Gasteiger partial charge in [-0.25, -0.2) is 4.99 Å². The minimum absolute atomic E-state index is 0.0723. The van der Waals surface area contributed by atoms with Gasteiger partial charge in [-0.15, -0.1) is 11.3 Å². The first-order valence-electron chi connectivity index (χ1n) is 10.2. The van der Waals surface area contributed by atoms with Crippen LogP contribution in [0.1, 0.15) is 29.0 Å². The molecule has 2 aliphatic heterocycles. The highest BCUT2D eigenvalue weighted by atomic mass is 32.1. The zero-order valence-corrected chi connectivity index (χ0v) is 17.7. The lowest BCUT2D eigenvalue weighted by Crippen LogP contribution is -2.47. The van der Waals surface area contributed by atoms with Gasteiger partial charge in [0.1, 0.15) is 5.54 Å². The minimum atomic E-state index is -0.775. The lowest BCUT2D eigenvalue weighted by Gasteiger charge is -2.30. The molecular weight excluding hydrogens is 390 g/mol. The summed E-state index contributed by atoms with van der Waals surface area (Å²) in [5.41, 5.74) is 2.42. The second kappa shape index (κ2) is 7.65. The van der Waals surface area contributed by atoms with Crippen LogP contribution in [0.4, 0.5) is 0 Å². The van der Waals surface area contributed by atoms with Crippen molar-refractivity contribution in [3.8, 4) is 0 Å². The van der Waals surface area contributed by atoms with E-state index >= 15 is 0 Å². The fraction of sp³-hybridized carbons (Fsp3) is 0.240. The summed E-state index contributed by atoms with van der Waals surface area (Å²) in [4.78, 5) is 26.6. The van der Waals surface area contributed by atoms with Gasteiger partial charge in [-0.1, -0.05) is 66.7 Å². The quantitative estimate of drug-likeness (QED) is 0.596. The number of amidine groups is 1. The Morgan fingerprint density at radius 3 is 2.47 bits per heavy atom. The highest BCUT2D eigenvalue weighted by molar-refractivity contribution is 7.09. The molecule has 0 spiro atoms. The fourth-order valence-corrected chi connectivity index (χ4v) is 5.07. The number of carbonyl (C=O) groups excluding carboxylic acids is 1. The number of amides is 1. The Morgan fingerprint density at radius 1 is 1.03 bits per heavy atom. The van der Waals surface area contributed by atoms with Gasteiger partial charge in [-0.2, -0.15) is 0 Å². The Labute approximate surface area is 180 Å². The van der Waals surface area contributed by atoms with E-state index in [9.17, 15) is 4.79 Å². The van der Waals surface area contributed by atoms with Crippen molar-refractivity contribution in [1.82, 2.24) is 4.90 Å². The molecule has 3 aromatic rings. The number of rotatable bonds is 5. The Balaban J connectivity index is 1.53. The molecule has 0 saturated heterocycles. The van der Waals surface area contributed by atoms with Crippen LogP contribution in [0.2, 0.25) is 0 Å². The van der Waals surface area contributed by atoms with Crippen LogP contribution >= 0.6 is 11.3 Å². The lowest BCUT2D eigenvalue weighted by atomic mass is 9.96. The zero-order chi connectivity index (χ0) is 20.6. The van der Waals surface area contributed by atoms with Gasteiger partial charge in [0, 0.05) is 17.7 Å². The number of benzene rings is 2. The molecule has 2 aromatic carbocycles. The summed E-state index contributed by atoms with van der Waals surface area (Å²) in [6.45, 7) is 2.50. The second-order valence-corrected chi connectivity index (χ2v) is 9.08. The lowest BCUT2D eigenvalue weighted by molar-refractivity contribution is -0.130. The van der Waals surface area contributed by atoms with E-state index in [1.165, 1.54) is 10.4 Å². The van der Waals surface area contributed by atoms with Crippen LogP contribution in [-0.4, -0.2) is 34.4 Å². The zero-order valence-electron chi connectivity index (χ0n) is 16.9. The molecule has 2 aliphatic rings. The molecule has 150 valence electrons. The van der Waals surface area contributed by atoms with E-state index in [2.05, 4.69) is 30.3 Å². The van der Waals surface area contributed by atoms with Crippen LogP contribution in [0.15, 0.2) is 88.2 Å². The molecule has 30 heavy (non-hydrogen) atoms. The van der Waals surface area contributed by atoms with Crippen LogP contribution in [0, 0.1) is 0 Å². The van der Waals surface area contributed by atoms with Gasteiger partial charge in [0.25, 0.3) is 5.91 Å². The standard InChI is InChI=1S/C25H23N3OS/c1-25(16-20-13-8-14-30-20)24(29)28-17-22(19-11-6-3-7-12-19)26-21(23(28)27-25)15-18-9-4-2-5-10-18/h2-14,22H,15-17H2,1H3. The van der Waals surface area contributed by atoms with Crippen molar-refractivity contribution in [2.75, 3.05) is 6.54 Å². The average Bonchev–Trinajstić information content (AvgIpc) is 3.36. The normalized spacial score (nSPS) is 23.2. The molecule has 1 aromatic heterocycles. The van der Waals surface area contributed by atoms with E-state index in [1.54, 1.807) is 11.3 Å². The molecule has 0 fully saturated rings. The highest BCUT2D eigenvalue weighted by Gasteiger charge is 2.48. The highest BCUT2D eigenvalue weighted by Crippen LogP contribution is 2.34. The molecule has 5 heteroatoms. The summed E-state index contributed by atoms with van der Waals surface area (Å²) < 4.78 is 0. The number of carbonyl (C=O) groups is 1. The van der Waals surface area contributed by atoms with Crippen molar-refractivity contribution in [1.29, 1.82) is 0 Å². The maximum absolute atomic E-state index is 13.5. The Kier molecular flexibility index (Phi) is 4.83. The Bertz CT molecular complexity index is 1110. The van der Waals surface area contributed by atoms with Crippen LogP contribution in [0.25, 0.3) is 0 Å². The average molecular weight is 414 g/mol. The van der Waals surface area contributed by atoms with Crippen LogP contribution < -0.4 is 0 Å². The molecule has 0 N–H and O–H groups in total. The number of nitrogens with zero attached hydrogens (tertiary/aromatic N) is 3. The van der Waals surface area contributed by atoms with E-state index in [-0.39, 0.29) is 11.9 Å². The maximum atomic E-state index is 13.5. The number of hydrogen-bond acceptors (Lipinski definition) is 4. The molecule has 0 bridgehead atoms. The molecular formula is C25H23N3OS. The predicted molar refractivity (Wildman–Crippen MR) is 122 cm³/mol. The molecule has 2 atom stereocenters. The van der Waals surface area contributed by atoms with Crippen molar-refractivity contribution in [3.63, 3.8) is 0 Å². The minimum Gasteiger partial charge on any atom is -0.291 e. The summed E-state index contributed by atoms with van der Waals surface area (Å²) >= 11 is 1.67. The second-order valence-electron chi connectivity index (χ2n) is 8.05. The maximum Gasteiger partial charge on any atom is 0.256 e. The number of aliphatic imine (C=N–C) groups is 2. The fourth-order valence-electron chi connectivity index (χ4n) is 4.21. The monoisotopic (exact) mass is 413 g/mol. The SMILES string of the molecule is CC1(Cc2cccs2)N=C2C(Cc3ccccc3)=NC(c3ccccc3)CN2C1=O. The summed E-state index contributed by atoms with van der Waals surface area (Å²) in [6, 6.07) is 24.5. The van der Waals surface area contributed by atoms with Gasteiger partial charge in [0.15, 0.2) is 5.84 Å². The van der Waals surface area contributed by atoms with Gasteiger partial charge in [0.05, 0.1) is 18.3 Å². The molecule has 4 nitrogen and oxygen atoms in total. The van der Waals surface area contributed by atoms with Gasteiger partial charge in [-0.3, -0.25) is 14.7 Å². The van der Waals surface area contributed by atoms with Gasteiger partial charge < -0.3 is 0 Å². The van der Waals surface area contributed by atoms with Crippen molar-refractivity contribution in [2.45, 2.75) is 31.3 Å². The van der Waals surface area contributed by atoms with E-state index in [4.69, 9.17) is 9.98 Å². The van der Waals surface area contributed by atoms with Crippen LogP contribution in [0.3, 0.4) is 0 Å². The molecule has 1 amide bonds. The molecule has 5 rings (SSSR count). The smallest absolute Gasteiger partial charge is 0.256 e. The van der Waals surface area contributed by atoms with Crippen LogP contribution in [0.5, 0.6) is 0 Å². The first-order chi connectivity index (χ1) is 14.6. The molecule has 3 heterocycles. The van der Waals surface area contributed by atoms with E-state index in [1.807, 2.05) is 59.7 Å². The predicted octanol–water partition coefficient (Wildman–Crippen LogP) is 4.73. The number of thiophene rings is 1. The topological polar surface area (TPSA) is 45.0 Å². The van der Waals surface area contributed by atoms with Crippen molar-refractivity contribution in [2.24, 2.45) is 9.98 Å². The summed E-state index contributed by atoms with van der Waals surface area (Å²) in [7, 11) is 0. The van der Waals surface area contributed by atoms with E-state index in [0.717, 1.165) is 17.1 Å². The van der Waals surface area contributed by atoms with Crippen molar-refractivity contribution in [3.05, 3.63) is 94.2 Å². The first kappa shape index (κ1) is 18.9. The van der Waals surface area contributed by atoms with Gasteiger partial charge >= 0.3 is 0 Å². The summed E-state index contributed by atoms with van der Waals surface area (Å²) in [5, 5.41) is 2.05.